The molecule has 6 heteroatoms. The van der Waals surface area contributed by atoms with Gasteiger partial charge in [-0.05, 0) is 5.56 Å². The minimum atomic E-state index is -0.477. The number of nitrogen functional groups attached to an aromatic ring is 2. The molecule has 0 radical (unpaired) electrons. The molecule has 3 rings (SSSR count). The number of benzene rings is 2. The van der Waals surface area contributed by atoms with E-state index in [0.717, 1.165) is 5.56 Å². The maximum absolute atomic E-state index is 13.0. The number of hydrogen-bond donors (Lipinski definition) is 2. The van der Waals surface area contributed by atoms with E-state index in [1.54, 1.807) is 12.1 Å². The molecule has 0 aliphatic carbocycles. The van der Waals surface area contributed by atoms with Crippen LogP contribution in [0, 0.1) is 0 Å². The second-order valence-electron chi connectivity index (χ2n) is 5.14. The monoisotopic (exact) mass is 336 g/mol. The number of hydrogen-bond acceptors (Lipinski definition) is 6. The van der Waals surface area contributed by atoms with Crippen LogP contribution in [-0.2, 0) is 0 Å². The molecule has 3 aromatic rings. The zero-order chi connectivity index (χ0) is 16.9. The average Bonchev–Trinajstić information content (AvgIpc) is 2.60. The van der Waals surface area contributed by atoms with E-state index in [1.807, 2.05) is 48.5 Å². The number of anilines is 2. The average molecular weight is 336 g/mol. The number of thioether (sulfide) groups is 1. The van der Waals surface area contributed by atoms with Crippen molar-refractivity contribution in [1.29, 1.82) is 0 Å². The van der Waals surface area contributed by atoms with Gasteiger partial charge in [0.2, 0.25) is 0 Å². The van der Waals surface area contributed by atoms with Crippen LogP contribution < -0.4 is 11.5 Å². The Balaban J connectivity index is 1.98. The zero-order valence-corrected chi connectivity index (χ0v) is 13.6. The molecule has 1 aromatic heterocycles. The normalized spacial score (nSPS) is 11.8. The highest BCUT2D eigenvalue weighted by molar-refractivity contribution is 8.00. The van der Waals surface area contributed by atoms with Gasteiger partial charge in [-0.2, -0.15) is 0 Å². The molecule has 24 heavy (non-hydrogen) atoms. The third kappa shape index (κ3) is 3.72. The number of rotatable bonds is 5. The SMILES string of the molecule is Nc1cc(N)nc(S[C@@H](C(=O)c2ccccc2)c2ccccc2)n1. The Morgan fingerprint density at radius 2 is 1.42 bits per heavy atom. The van der Waals surface area contributed by atoms with Gasteiger partial charge in [-0.3, -0.25) is 4.79 Å². The van der Waals surface area contributed by atoms with Crippen molar-refractivity contribution in [3.05, 3.63) is 77.9 Å². The van der Waals surface area contributed by atoms with Crippen molar-refractivity contribution in [3.63, 3.8) is 0 Å². The van der Waals surface area contributed by atoms with Crippen molar-refractivity contribution in [2.24, 2.45) is 0 Å². The fourth-order valence-electron chi connectivity index (χ4n) is 2.27. The molecule has 4 N–H and O–H groups in total. The number of aromatic nitrogens is 2. The van der Waals surface area contributed by atoms with Gasteiger partial charge in [-0.1, -0.05) is 72.4 Å². The van der Waals surface area contributed by atoms with Crippen molar-refractivity contribution in [2.75, 3.05) is 11.5 Å². The Bertz CT molecular complexity index is 820. The van der Waals surface area contributed by atoms with Gasteiger partial charge in [-0.15, -0.1) is 0 Å². The van der Waals surface area contributed by atoms with Crippen molar-refractivity contribution in [2.45, 2.75) is 10.4 Å². The van der Waals surface area contributed by atoms with E-state index < -0.39 is 5.25 Å². The van der Waals surface area contributed by atoms with Crippen molar-refractivity contribution >= 4 is 29.2 Å². The van der Waals surface area contributed by atoms with Gasteiger partial charge in [0, 0.05) is 11.6 Å². The summed E-state index contributed by atoms with van der Waals surface area (Å²) in [5.41, 5.74) is 13.0. The summed E-state index contributed by atoms with van der Waals surface area (Å²) >= 11 is 1.24. The molecule has 120 valence electrons. The zero-order valence-electron chi connectivity index (χ0n) is 12.8. The van der Waals surface area contributed by atoms with E-state index >= 15 is 0 Å². The van der Waals surface area contributed by atoms with E-state index in [-0.39, 0.29) is 17.4 Å². The predicted molar refractivity (Wildman–Crippen MR) is 96.7 cm³/mol. The molecule has 0 amide bonds. The first kappa shape index (κ1) is 16.0. The Morgan fingerprint density at radius 3 is 2.00 bits per heavy atom. The lowest BCUT2D eigenvalue weighted by Gasteiger charge is -2.15. The van der Waals surface area contributed by atoms with E-state index in [1.165, 1.54) is 17.8 Å². The van der Waals surface area contributed by atoms with Gasteiger partial charge in [0.25, 0.3) is 0 Å². The molecule has 0 aliphatic heterocycles. The van der Waals surface area contributed by atoms with Crippen molar-refractivity contribution < 1.29 is 4.79 Å². The van der Waals surface area contributed by atoms with Crippen LogP contribution in [0.5, 0.6) is 0 Å². The Labute approximate surface area is 144 Å². The number of carbonyl (C=O) groups is 1. The van der Waals surface area contributed by atoms with Crippen LogP contribution in [0.4, 0.5) is 11.6 Å². The predicted octanol–water partition coefficient (Wildman–Crippen LogP) is 3.36. The van der Waals surface area contributed by atoms with Gasteiger partial charge in [0.15, 0.2) is 10.9 Å². The molecule has 0 saturated heterocycles. The number of nitrogens with two attached hydrogens (primary N) is 2. The fraction of sp³-hybridized carbons (Fsp3) is 0.0556. The lowest BCUT2D eigenvalue weighted by atomic mass is 10.0. The maximum atomic E-state index is 13.0. The van der Waals surface area contributed by atoms with E-state index in [0.29, 0.717) is 10.7 Å². The maximum Gasteiger partial charge on any atom is 0.192 e. The summed E-state index contributed by atoms with van der Waals surface area (Å²) in [5.74, 6) is 0.546. The third-order valence-corrected chi connectivity index (χ3v) is 4.48. The van der Waals surface area contributed by atoms with Gasteiger partial charge in [-0.25, -0.2) is 9.97 Å². The molecule has 0 bridgehead atoms. The molecule has 2 aromatic carbocycles. The highest BCUT2D eigenvalue weighted by Gasteiger charge is 2.24. The molecule has 0 spiro atoms. The summed E-state index contributed by atoms with van der Waals surface area (Å²) in [6.07, 6.45) is 0. The number of ketones is 1. The third-order valence-electron chi connectivity index (χ3n) is 3.37. The van der Waals surface area contributed by atoms with Gasteiger partial charge >= 0.3 is 0 Å². The summed E-state index contributed by atoms with van der Waals surface area (Å²) in [6.45, 7) is 0. The van der Waals surface area contributed by atoms with Crippen LogP contribution >= 0.6 is 11.8 Å². The Morgan fingerprint density at radius 1 is 0.875 bits per heavy atom. The lowest BCUT2D eigenvalue weighted by Crippen LogP contribution is -2.11. The summed E-state index contributed by atoms with van der Waals surface area (Å²) in [6, 6.07) is 20.2. The molecule has 0 fully saturated rings. The van der Waals surface area contributed by atoms with E-state index in [9.17, 15) is 4.79 Å². The first-order valence-electron chi connectivity index (χ1n) is 7.34. The molecule has 1 heterocycles. The Hall–Kier alpha value is -2.86. The molecular weight excluding hydrogens is 320 g/mol. The second kappa shape index (κ2) is 7.14. The van der Waals surface area contributed by atoms with Crippen LogP contribution in [0.25, 0.3) is 0 Å². The largest absolute Gasteiger partial charge is 0.383 e. The van der Waals surface area contributed by atoms with Gasteiger partial charge < -0.3 is 11.5 Å². The molecule has 0 saturated carbocycles. The lowest BCUT2D eigenvalue weighted by molar-refractivity contribution is 0.0989. The topological polar surface area (TPSA) is 94.9 Å². The van der Waals surface area contributed by atoms with E-state index in [4.69, 9.17) is 11.5 Å². The van der Waals surface area contributed by atoms with Crippen LogP contribution in [0.1, 0.15) is 21.2 Å². The fourth-order valence-corrected chi connectivity index (χ4v) is 3.34. The minimum Gasteiger partial charge on any atom is -0.383 e. The highest BCUT2D eigenvalue weighted by atomic mass is 32.2. The van der Waals surface area contributed by atoms with Crippen molar-refractivity contribution in [3.8, 4) is 0 Å². The Kier molecular flexibility index (Phi) is 4.77. The quantitative estimate of drug-likeness (QED) is 0.421. The highest BCUT2D eigenvalue weighted by Crippen LogP contribution is 2.36. The molecule has 1 atom stereocenters. The standard InChI is InChI=1S/C18H16N4OS/c19-14-11-15(20)22-18(21-14)24-17(13-9-5-2-6-10-13)16(23)12-7-3-1-4-8-12/h1-11,17H,(H4,19,20,21,22)/t17-/m1/s1. The first-order valence-corrected chi connectivity index (χ1v) is 8.22. The smallest absolute Gasteiger partial charge is 0.192 e. The molecular formula is C18H16N4OS. The number of nitrogens with zero attached hydrogens (tertiary/aromatic N) is 2. The second-order valence-corrected chi connectivity index (χ2v) is 6.21. The van der Waals surface area contributed by atoms with Gasteiger partial charge in [0.1, 0.15) is 16.9 Å². The summed E-state index contributed by atoms with van der Waals surface area (Å²) in [7, 11) is 0. The number of Topliss-reactive ketones (excluding diaryl/α,β-unsaturated/α-hetero) is 1. The van der Waals surface area contributed by atoms with Crippen LogP contribution in [0.15, 0.2) is 71.9 Å². The van der Waals surface area contributed by atoms with Crippen LogP contribution in [-0.4, -0.2) is 15.8 Å². The van der Waals surface area contributed by atoms with E-state index in [2.05, 4.69) is 9.97 Å². The molecule has 0 unspecified atom stereocenters. The first-order chi connectivity index (χ1) is 11.6. The molecule has 0 aliphatic rings. The summed E-state index contributed by atoms with van der Waals surface area (Å²) in [5, 5.41) is -0.0968. The van der Waals surface area contributed by atoms with Crippen molar-refractivity contribution in [1.82, 2.24) is 9.97 Å². The minimum absolute atomic E-state index is 0.0172. The van der Waals surface area contributed by atoms with Gasteiger partial charge in [0.05, 0.1) is 0 Å². The number of carbonyl (C=O) groups excluding carboxylic acids is 1. The van der Waals surface area contributed by atoms with Crippen LogP contribution in [0.2, 0.25) is 0 Å². The summed E-state index contributed by atoms with van der Waals surface area (Å²) < 4.78 is 0. The molecule has 5 nitrogen and oxygen atoms in total. The van der Waals surface area contributed by atoms with Crippen LogP contribution in [0.3, 0.4) is 0 Å². The summed E-state index contributed by atoms with van der Waals surface area (Å²) in [4.78, 5) is 21.3.